The molecule has 5 nitrogen and oxygen atoms in total. The Balaban J connectivity index is 2.24. The predicted molar refractivity (Wildman–Crippen MR) is 84.7 cm³/mol. The van der Waals surface area contributed by atoms with Crippen molar-refractivity contribution in [3.05, 3.63) is 46.6 Å². The van der Waals surface area contributed by atoms with Gasteiger partial charge >= 0.3 is 6.18 Å². The molecule has 2 aromatic rings. The third kappa shape index (κ3) is 4.08. The van der Waals surface area contributed by atoms with Crippen LogP contribution in [0.5, 0.6) is 11.5 Å². The average Bonchev–Trinajstić information content (AvgIpc) is 2.53. The first-order valence-electron chi connectivity index (χ1n) is 6.62. The van der Waals surface area contributed by atoms with Crippen molar-refractivity contribution in [3.8, 4) is 11.5 Å². The highest BCUT2D eigenvalue weighted by Crippen LogP contribution is 2.32. The maximum absolute atomic E-state index is 12.6. The number of benzene rings is 1. The van der Waals surface area contributed by atoms with Crippen molar-refractivity contribution in [2.24, 2.45) is 5.10 Å². The number of phenolic OH excluding ortho intramolecular Hbond substituents is 1. The van der Waals surface area contributed by atoms with Gasteiger partial charge in [0.05, 0.1) is 23.4 Å². The number of aromatic nitrogens is 1. The Kier molecular flexibility index (Phi) is 5.18. The number of phenols is 1. The number of aromatic hydroxyl groups is 1. The van der Waals surface area contributed by atoms with Gasteiger partial charge in [-0.3, -0.25) is 5.43 Å². The SMILES string of the molecule is COc1ccc(O)c(/C(C)=N/Nc2ncc(C(F)(F)F)cc2Cl)c1. The summed E-state index contributed by atoms with van der Waals surface area (Å²) < 4.78 is 42.8. The highest BCUT2D eigenvalue weighted by Gasteiger charge is 2.31. The highest BCUT2D eigenvalue weighted by molar-refractivity contribution is 6.33. The first kappa shape index (κ1) is 17.9. The molecule has 0 saturated carbocycles. The number of ether oxygens (including phenoxy) is 1. The second-order valence-electron chi connectivity index (χ2n) is 4.74. The highest BCUT2D eigenvalue weighted by atomic mass is 35.5. The second kappa shape index (κ2) is 6.96. The molecule has 0 atom stereocenters. The quantitative estimate of drug-likeness (QED) is 0.630. The van der Waals surface area contributed by atoms with Crippen LogP contribution < -0.4 is 10.2 Å². The molecule has 0 aliphatic carbocycles. The van der Waals surface area contributed by atoms with E-state index < -0.39 is 11.7 Å². The normalized spacial score (nSPS) is 12.2. The molecule has 1 aromatic carbocycles. The van der Waals surface area contributed by atoms with Gasteiger partial charge in [0.15, 0.2) is 5.82 Å². The van der Waals surface area contributed by atoms with Crippen LogP contribution >= 0.6 is 11.6 Å². The molecule has 0 bridgehead atoms. The van der Waals surface area contributed by atoms with E-state index in [0.29, 0.717) is 23.2 Å². The van der Waals surface area contributed by atoms with E-state index in [-0.39, 0.29) is 16.6 Å². The molecule has 2 rings (SSSR count). The van der Waals surface area contributed by atoms with Crippen molar-refractivity contribution in [1.82, 2.24) is 4.98 Å². The molecule has 0 unspecified atom stereocenters. The lowest BCUT2D eigenvalue weighted by Gasteiger charge is -2.10. The minimum atomic E-state index is -4.53. The minimum absolute atomic E-state index is 0.0228. The van der Waals surface area contributed by atoms with Crippen molar-refractivity contribution < 1.29 is 23.0 Å². The van der Waals surface area contributed by atoms with E-state index in [2.05, 4.69) is 15.5 Å². The smallest absolute Gasteiger partial charge is 0.417 e. The lowest BCUT2D eigenvalue weighted by atomic mass is 10.1. The summed E-state index contributed by atoms with van der Waals surface area (Å²) in [7, 11) is 1.48. The Bertz CT molecular complexity index is 779. The molecule has 0 aliphatic rings. The monoisotopic (exact) mass is 359 g/mol. The Morgan fingerprint density at radius 2 is 2.04 bits per heavy atom. The molecule has 9 heteroatoms. The van der Waals surface area contributed by atoms with Crippen LogP contribution in [-0.4, -0.2) is 22.9 Å². The summed E-state index contributed by atoms with van der Waals surface area (Å²) in [5.41, 5.74) is 2.28. The zero-order valence-corrected chi connectivity index (χ0v) is 13.4. The van der Waals surface area contributed by atoms with Crippen molar-refractivity contribution in [1.29, 1.82) is 0 Å². The molecular formula is C15H13ClF3N3O2. The number of anilines is 1. The Morgan fingerprint density at radius 1 is 1.33 bits per heavy atom. The number of pyridine rings is 1. The minimum Gasteiger partial charge on any atom is -0.507 e. The topological polar surface area (TPSA) is 66.7 Å². The molecule has 1 heterocycles. The van der Waals surface area contributed by atoms with Crippen LogP contribution in [0.15, 0.2) is 35.6 Å². The average molecular weight is 360 g/mol. The van der Waals surface area contributed by atoms with E-state index in [9.17, 15) is 18.3 Å². The number of hydrogen-bond donors (Lipinski definition) is 2. The molecule has 1 aromatic heterocycles. The number of halogens is 4. The van der Waals surface area contributed by atoms with Crippen LogP contribution in [-0.2, 0) is 6.18 Å². The van der Waals surface area contributed by atoms with Gasteiger partial charge in [0, 0.05) is 11.8 Å². The molecule has 0 saturated heterocycles. The van der Waals surface area contributed by atoms with Crippen LogP contribution in [0, 0.1) is 0 Å². The standard InChI is InChI=1S/C15H13ClF3N3O2/c1-8(11-6-10(24-2)3-4-13(11)23)21-22-14-12(16)5-9(7-20-14)15(17,18)19/h3-7,23H,1-2H3,(H,20,22)/b21-8+. The molecule has 128 valence electrons. The number of hydrazone groups is 1. The van der Waals surface area contributed by atoms with Crippen LogP contribution in [0.4, 0.5) is 19.0 Å². The Morgan fingerprint density at radius 3 is 2.62 bits per heavy atom. The fraction of sp³-hybridized carbons (Fsp3) is 0.200. The van der Waals surface area contributed by atoms with Crippen LogP contribution in [0.25, 0.3) is 0 Å². The largest absolute Gasteiger partial charge is 0.507 e. The fourth-order valence-corrected chi connectivity index (χ4v) is 2.01. The summed E-state index contributed by atoms with van der Waals surface area (Å²) in [6.07, 6.45) is -3.87. The number of nitrogens with one attached hydrogen (secondary N) is 1. The molecule has 0 radical (unpaired) electrons. The maximum Gasteiger partial charge on any atom is 0.417 e. The summed E-state index contributed by atoms with van der Waals surface area (Å²) in [4.78, 5) is 3.61. The maximum atomic E-state index is 12.6. The number of alkyl halides is 3. The van der Waals surface area contributed by atoms with Gasteiger partial charge in [-0.1, -0.05) is 11.6 Å². The molecule has 0 amide bonds. The summed E-state index contributed by atoms with van der Waals surface area (Å²) in [5.74, 6) is 0.458. The van der Waals surface area contributed by atoms with E-state index in [1.165, 1.54) is 13.2 Å². The van der Waals surface area contributed by atoms with Gasteiger partial charge in [0.25, 0.3) is 0 Å². The summed E-state index contributed by atoms with van der Waals surface area (Å²) in [5, 5.41) is 13.6. The lowest BCUT2D eigenvalue weighted by Crippen LogP contribution is -2.07. The van der Waals surface area contributed by atoms with E-state index >= 15 is 0 Å². The van der Waals surface area contributed by atoms with Crippen molar-refractivity contribution >= 4 is 23.1 Å². The zero-order valence-electron chi connectivity index (χ0n) is 12.6. The van der Waals surface area contributed by atoms with Gasteiger partial charge in [0.2, 0.25) is 0 Å². The molecular weight excluding hydrogens is 347 g/mol. The Hall–Kier alpha value is -2.48. The van der Waals surface area contributed by atoms with Crippen LogP contribution in [0.3, 0.4) is 0 Å². The number of rotatable bonds is 4. The molecule has 24 heavy (non-hydrogen) atoms. The van der Waals surface area contributed by atoms with E-state index in [0.717, 1.165) is 6.07 Å². The van der Waals surface area contributed by atoms with Gasteiger partial charge in [-0.2, -0.15) is 18.3 Å². The number of nitrogens with zero attached hydrogens (tertiary/aromatic N) is 2. The van der Waals surface area contributed by atoms with Crippen LogP contribution in [0.1, 0.15) is 18.1 Å². The lowest BCUT2D eigenvalue weighted by molar-refractivity contribution is -0.137. The number of methoxy groups -OCH3 is 1. The molecule has 2 N–H and O–H groups in total. The van der Waals surface area contributed by atoms with Gasteiger partial charge in [-0.05, 0) is 31.2 Å². The Labute approximate surface area is 140 Å². The van der Waals surface area contributed by atoms with Gasteiger partial charge in [0.1, 0.15) is 11.5 Å². The van der Waals surface area contributed by atoms with E-state index in [1.807, 2.05) is 0 Å². The first-order chi connectivity index (χ1) is 11.2. The van der Waals surface area contributed by atoms with Crippen molar-refractivity contribution in [3.63, 3.8) is 0 Å². The third-order valence-corrected chi connectivity index (χ3v) is 3.38. The summed E-state index contributed by atoms with van der Waals surface area (Å²) >= 11 is 5.78. The van der Waals surface area contributed by atoms with Crippen molar-refractivity contribution in [2.75, 3.05) is 12.5 Å². The molecule has 0 spiro atoms. The summed E-state index contributed by atoms with van der Waals surface area (Å²) in [6, 6.07) is 5.34. The predicted octanol–water partition coefficient (Wildman–Crippen LogP) is 4.30. The molecule has 0 aliphatic heterocycles. The van der Waals surface area contributed by atoms with Gasteiger partial charge < -0.3 is 9.84 Å². The molecule has 0 fully saturated rings. The zero-order chi connectivity index (χ0) is 17.9. The van der Waals surface area contributed by atoms with Crippen molar-refractivity contribution in [2.45, 2.75) is 13.1 Å². The van der Waals surface area contributed by atoms with Gasteiger partial charge in [-0.25, -0.2) is 4.98 Å². The van der Waals surface area contributed by atoms with E-state index in [1.54, 1.807) is 19.1 Å². The summed E-state index contributed by atoms with van der Waals surface area (Å²) in [6.45, 7) is 1.60. The van der Waals surface area contributed by atoms with Gasteiger partial charge in [-0.15, -0.1) is 0 Å². The number of hydrogen-bond acceptors (Lipinski definition) is 5. The third-order valence-electron chi connectivity index (χ3n) is 3.09. The van der Waals surface area contributed by atoms with Crippen LogP contribution in [0.2, 0.25) is 5.02 Å². The fourth-order valence-electron chi connectivity index (χ4n) is 1.80. The van der Waals surface area contributed by atoms with E-state index in [4.69, 9.17) is 16.3 Å². The second-order valence-corrected chi connectivity index (χ2v) is 5.15. The first-order valence-corrected chi connectivity index (χ1v) is 7.00.